The Balaban J connectivity index is 1.85. The van der Waals surface area contributed by atoms with Crippen molar-refractivity contribution in [3.05, 3.63) is 35.9 Å². The number of hydrogen-bond acceptors (Lipinski definition) is 1. The van der Waals surface area contributed by atoms with Gasteiger partial charge in [-0.25, -0.2) is 0 Å². The molecule has 80 valence electrons. The van der Waals surface area contributed by atoms with Crippen LogP contribution >= 0.6 is 12.2 Å². The van der Waals surface area contributed by atoms with Crippen molar-refractivity contribution in [1.29, 1.82) is 0 Å². The van der Waals surface area contributed by atoms with Crippen LogP contribution < -0.4 is 10.6 Å². The molecule has 0 amide bonds. The molecule has 2 N–H and O–H groups in total. The molecule has 0 aliphatic heterocycles. The molecule has 1 aromatic rings. The van der Waals surface area contributed by atoms with Crippen molar-refractivity contribution in [3.8, 4) is 0 Å². The van der Waals surface area contributed by atoms with Gasteiger partial charge < -0.3 is 10.6 Å². The van der Waals surface area contributed by atoms with E-state index in [4.69, 9.17) is 12.2 Å². The summed E-state index contributed by atoms with van der Waals surface area (Å²) in [6, 6.07) is 11.2. The van der Waals surface area contributed by atoms with Crippen LogP contribution in [0.3, 0.4) is 0 Å². The molecule has 1 aliphatic rings. The van der Waals surface area contributed by atoms with Crippen LogP contribution in [0.1, 0.15) is 31.4 Å². The Morgan fingerprint density at radius 2 is 2.00 bits per heavy atom. The molecule has 3 heteroatoms. The molecule has 2 rings (SSSR count). The largest absolute Gasteiger partial charge is 0.360 e. The van der Waals surface area contributed by atoms with Gasteiger partial charge in [0.1, 0.15) is 0 Å². The van der Waals surface area contributed by atoms with E-state index in [0.717, 1.165) is 5.11 Å². The lowest BCUT2D eigenvalue weighted by Gasteiger charge is -2.16. The molecule has 0 saturated heterocycles. The number of nitrogens with one attached hydrogen (secondary N) is 2. The fourth-order valence-corrected chi connectivity index (χ4v) is 1.82. The fraction of sp³-hybridized carbons (Fsp3) is 0.417. The summed E-state index contributed by atoms with van der Waals surface area (Å²) in [4.78, 5) is 0. The summed E-state index contributed by atoms with van der Waals surface area (Å²) in [5.41, 5.74) is 1.26. The molecule has 15 heavy (non-hydrogen) atoms. The van der Waals surface area contributed by atoms with Gasteiger partial charge in [-0.2, -0.15) is 0 Å². The zero-order valence-corrected chi connectivity index (χ0v) is 9.68. The number of thiocarbonyl (C=S) groups is 1. The summed E-state index contributed by atoms with van der Waals surface area (Å²) in [5.74, 6) is 0. The maximum Gasteiger partial charge on any atom is 0.166 e. The van der Waals surface area contributed by atoms with E-state index in [9.17, 15) is 0 Å². The summed E-state index contributed by atoms with van der Waals surface area (Å²) >= 11 is 5.22. The van der Waals surface area contributed by atoms with E-state index >= 15 is 0 Å². The smallest absolute Gasteiger partial charge is 0.166 e. The number of benzene rings is 1. The number of hydrogen-bond donors (Lipinski definition) is 2. The summed E-state index contributed by atoms with van der Waals surface area (Å²) in [5, 5.41) is 7.33. The molecule has 1 aliphatic carbocycles. The molecule has 0 spiro atoms. The molecule has 1 fully saturated rings. The van der Waals surface area contributed by atoms with Crippen LogP contribution in [0.2, 0.25) is 0 Å². The Kier molecular flexibility index (Phi) is 3.21. The van der Waals surface area contributed by atoms with Gasteiger partial charge in [-0.05, 0) is 37.5 Å². The van der Waals surface area contributed by atoms with Crippen LogP contribution in [0.25, 0.3) is 0 Å². The normalized spacial score (nSPS) is 16.9. The first-order valence-corrected chi connectivity index (χ1v) is 5.78. The zero-order valence-electron chi connectivity index (χ0n) is 8.86. The van der Waals surface area contributed by atoms with Crippen molar-refractivity contribution in [3.63, 3.8) is 0 Å². The van der Waals surface area contributed by atoms with Gasteiger partial charge in [0.05, 0.1) is 6.04 Å². The van der Waals surface area contributed by atoms with Gasteiger partial charge in [-0.3, -0.25) is 0 Å². The second-order valence-electron chi connectivity index (χ2n) is 4.02. The van der Waals surface area contributed by atoms with Crippen molar-refractivity contribution in [2.75, 3.05) is 0 Å². The molecule has 0 radical (unpaired) electrons. The average molecular weight is 220 g/mol. The van der Waals surface area contributed by atoms with Crippen molar-refractivity contribution in [1.82, 2.24) is 10.6 Å². The van der Waals surface area contributed by atoms with Gasteiger partial charge in [0, 0.05) is 6.04 Å². The van der Waals surface area contributed by atoms with Crippen molar-refractivity contribution in [2.45, 2.75) is 31.8 Å². The van der Waals surface area contributed by atoms with Crippen LogP contribution in [-0.4, -0.2) is 11.2 Å². The quantitative estimate of drug-likeness (QED) is 0.765. The molecule has 1 aromatic carbocycles. The minimum Gasteiger partial charge on any atom is -0.360 e. The van der Waals surface area contributed by atoms with Gasteiger partial charge in [0.2, 0.25) is 0 Å². The lowest BCUT2D eigenvalue weighted by Crippen LogP contribution is -2.37. The van der Waals surface area contributed by atoms with E-state index in [1.165, 1.54) is 18.4 Å². The second kappa shape index (κ2) is 4.62. The highest BCUT2D eigenvalue weighted by Crippen LogP contribution is 2.18. The minimum atomic E-state index is 0.268. The maximum absolute atomic E-state index is 5.22. The van der Waals surface area contributed by atoms with Crippen molar-refractivity contribution >= 4 is 17.3 Å². The number of rotatable bonds is 3. The monoisotopic (exact) mass is 220 g/mol. The van der Waals surface area contributed by atoms with Crippen LogP contribution in [-0.2, 0) is 0 Å². The first-order chi connectivity index (χ1) is 7.25. The van der Waals surface area contributed by atoms with Gasteiger partial charge in [0.15, 0.2) is 5.11 Å². The molecular formula is C12H16N2S. The first kappa shape index (κ1) is 10.4. The highest BCUT2D eigenvalue weighted by Gasteiger charge is 2.22. The Labute approximate surface area is 96.1 Å². The minimum absolute atomic E-state index is 0.268. The van der Waals surface area contributed by atoms with Crippen LogP contribution in [0.4, 0.5) is 0 Å². The van der Waals surface area contributed by atoms with Gasteiger partial charge in [-0.1, -0.05) is 30.3 Å². The van der Waals surface area contributed by atoms with E-state index in [2.05, 4.69) is 29.7 Å². The summed E-state index contributed by atoms with van der Waals surface area (Å²) in [6.45, 7) is 2.12. The molecule has 2 nitrogen and oxygen atoms in total. The maximum atomic E-state index is 5.22. The van der Waals surface area contributed by atoms with Crippen LogP contribution in [0.5, 0.6) is 0 Å². The Hall–Kier alpha value is -1.09. The summed E-state index contributed by atoms with van der Waals surface area (Å²) < 4.78 is 0. The standard InChI is InChI=1S/C12H16N2S/c1-9(10-5-3-2-4-6-10)13-12(15)14-11-7-8-11/h2-6,9,11H,7-8H2,1H3,(H2,13,14,15). The highest BCUT2D eigenvalue weighted by molar-refractivity contribution is 7.80. The third-order valence-corrected chi connectivity index (χ3v) is 2.80. The predicted molar refractivity (Wildman–Crippen MR) is 66.7 cm³/mol. The molecular weight excluding hydrogens is 204 g/mol. The van der Waals surface area contributed by atoms with Gasteiger partial charge in [-0.15, -0.1) is 0 Å². The zero-order chi connectivity index (χ0) is 10.7. The molecule has 1 unspecified atom stereocenters. The van der Waals surface area contributed by atoms with E-state index in [1.807, 2.05) is 18.2 Å². The lowest BCUT2D eigenvalue weighted by atomic mass is 10.1. The Morgan fingerprint density at radius 3 is 2.60 bits per heavy atom. The predicted octanol–water partition coefficient (Wildman–Crippen LogP) is 2.37. The van der Waals surface area contributed by atoms with Crippen molar-refractivity contribution < 1.29 is 0 Å². The van der Waals surface area contributed by atoms with E-state index in [1.54, 1.807) is 0 Å². The molecule has 0 bridgehead atoms. The first-order valence-electron chi connectivity index (χ1n) is 5.37. The van der Waals surface area contributed by atoms with Crippen LogP contribution in [0, 0.1) is 0 Å². The molecule has 0 heterocycles. The Bertz CT molecular complexity index is 333. The van der Waals surface area contributed by atoms with Gasteiger partial charge in [0.25, 0.3) is 0 Å². The highest BCUT2D eigenvalue weighted by atomic mass is 32.1. The Morgan fingerprint density at radius 1 is 1.33 bits per heavy atom. The van der Waals surface area contributed by atoms with Crippen molar-refractivity contribution in [2.24, 2.45) is 0 Å². The molecule has 0 aromatic heterocycles. The van der Waals surface area contributed by atoms with Crippen LogP contribution in [0.15, 0.2) is 30.3 Å². The summed E-state index contributed by atoms with van der Waals surface area (Å²) in [7, 11) is 0. The topological polar surface area (TPSA) is 24.1 Å². The van der Waals surface area contributed by atoms with Gasteiger partial charge >= 0.3 is 0 Å². The van der Waals surface area contributed by atoms with E-state index < -0.39 is 0 Å². The lowest BCUT2D eigenvalue weighted by molar-refractivity contribution is 0.697. The third kappa shape index (κ3) is 3.20. The molecule has 1 atom stereocenters. The summed E-state index contributed by atoms with van der Waals surface area (Å²) in [6.07, 6.45) is 2.50. The third-order valence-electron chi connectivity index (χ3n) is 2.56. The van der Waals surface area contributed by atoms with E-state index in [0.29, 0.717) is 6.04 Å². The SMILES string of the molecule is CC(NC(=S)NC1CC1)c1ccccc1. The average Bonchev–Trinajstić information content (AvgIpc) is 3.03. The fourth-order valence-electron chi connectivity index (χ4n) is 1.48. The van der Waals surface area contributed by atoms with E-state index in [-0.39, 0.29) is 6.04 Å². The second-order valence-corrected chi connectivity index (χ2v) is 4.43. The molecule has 1 saturated carbocycles.